The van der Waals surface area contributed by atoms with Gasteiger partial charge in [0.1, 0.15) is 11.6 Å². The van der Waals surface area contributed by atoms with Crippen LogP contribution in [0, 0.1) is 11.6 Å². The van der Waals surface area contributed by atoms with Crippen LogP contribution in [0.2, 0.25) is 5.02 Å². The molecule has 0 spiro atoms. The van der Waals surface area contributed by atoms with Gasteiger partial charge in [0.15, 0.2) is 0 Å². The lowest BCUT2D eigenvalue weighted by molar-refractivity contribution is 0.182. The summed E-state index contributed by atoms with van der Waals surface area (Å²) >= 11 is 5.86. The van der Waals surface area contributed by atoms with Crippen LogP contribution in [0.15, 0.2) is 12.1 Å². The zero-order chi connectivity index (χ0) is 12.4. The third-order valence-corrected chi connectivity index (χ3v) is 3.58. The quantitative estimate of drug-likeness (QED) is 0.844. The highest BCUT2D eigenvalue weighted by atomic mass is 35.5. The molecular weight excluding hydrogens is 281 g/mol. The van der Waals surface area contributed by atoms with Crippen LogP contribution in [-0.2, 0) is 0 Å². The van der Waals surface area contributed by atoms with Crippen molar-refractivity contribution in [1.82, 2.24) is 10.2 Å². The lowest BCUT2D eigenvalue weighted by Crippen LogP contribution is -2.44. The molecule has 0 radical (unpaired) electrons. The molecule has 0 unspecified atom stereocenters. The lowest BCUT2D eigenvalue weighted by Gasteiger charge is -2.33. The molecule has 1 atom stereocenters. The van der Waals surface area contributed by atoms with Gasteiger partial charge >= 0.3 is 0 Å². The van der Waals surface area contributed by atoms with E-state index in [1.807, 2.05) is 6.92 Å². The topological polar surface area (TPSA) is 15.3 Å². The number of nitrogens with zero attached hydrogens (tertiary/aromatic N) is 1. The van der Waals surface area contributed by atoms with Crippen molar-refractivity contribution in [3.05, 3.63) is 34.4 Å². The average molecular weight is 297 g/mol. The Balaban J connectivity index is 0.00000162. The molecule has 1 aliphatic rings. The molecule has 6 heteroatoms. The van der Waals surface area contributed by atoms with Gasteiger partial charge in [0, 0.05) is 37.8 Å². The minimum Gasteiger partial charge on any atom is -0.314 e. The first kappa shape index (κ1) is 15.6. The predicted molar refractivity (Wildman–Crippen MR) is 71.5 cm³/mol. The molecule has 18 heavy (non-hydrogen) atoms. The fourth-order valence-electron chi connectivity index (χ4n) is 2.18. The highest BCUT2D eigenvalue weighted by molar-refractivity contribution is 6.31. The Bertz CT molecular complexity index is 409. The highest BCUT2D eigenvalue weighted by Crippen LogP contribution is 2.31. The minimum absolute atomic E-state index is 0. The summed E-state index contributed by atoms with van der Waals surface area (Å²) < 4.78 is 27.1. The van der Waals surface area contributed by atoms with Crippen LogP contribution >= 0.6 is 24.0 Å². The molecule has 1 aromatic rings. The van der Waals surface area contributed by atoms with Crippen LogP contribution in [-0.4, -0.2) is 31.1 Å². The van der Waals surface area contributed by atoms with E-state index in [1.54, 1.807) is 0 Å². The molecule has 0 bridgehead atoms. The molecule has 1 fully saturated rings. The van der Waals surface area contributed by atoms with Gasteiger partial charge in [0.05, 0.1) is 5.02 Å². The van der Waals surface area contributed by atoms with Gasteiger partial charge in [-0.05, 0) is 19.1 Å². The van der Waals surface area contributed by atoms with Crippen molar-refractivity contribution in [2.45, 2.75) is 13.0 Å². The van der Waals surface area contributed by atoms with E-state index in [2.05, 4.69) is 10.2 Å². The number of hydrogen-bond acceptors (Lipinski definition) is 2. The molecule has 0 aromatic heterocycles. The molecule has 0 amide bonds. The first-order valence-corrected chi connectivity index (χ1v) is 6.07. The van der Waals surface area contributed by atoms with Crippen molar-refractivity contribution in [3.8, 4) is 0 Å². The first-order valence-electron chi connectivity index (χ1n) is 5.69. The summed E-state index contributed by atoms with van der Waals surface area (Å²) in [5.41, 5.74) is 0.258. The third kappa shape index (κ3) is 3.12. The molecule has 0 saturated carbocycles. The summed E-state index contributed by atoms with van der Waals surface area (Å²) in [6.45, 7) is 5.20. The third-order valence-electron chi connectivity index (χ3n) is 3.20. The number of halogens is 4. The maximum atomic E-state index is 13.7. The minimum atomic E-state index is -0.565. The number of benzene rings is 1. The summed E-state index contributed by atoms with van der Waals surface area (Å²) in [7, 11) is 0. The summed E-state index contributed by atoms with van der Waals surface area (Å²) in [5.74, 6) is -1.01. The van der Waals surface area contributed by atoms with Gasteiger partial charge in [0.25, 0.3) is 0 Å². The summed E-state index contributed by atoms with van der Waals surface area (Å²) in [6, 6.07) is 1.99. The van der Waals surface area contributed by atoms with E-state index in [9.17, 15) is 8.78 Å². The van der Waals surface area contributed by atoms with Crippen molar-refractivity contribution < 1.29 is 8.78 Å². The number of piperazine rings is 1. The van der Waals surface area contributed by atoms with E-state index in [-0.39, 0.29) is 29.0 Å². The summed E-state index contributed by atoms with van der Waals surface area (Å²) in [6.07, 6.45) is 0. The van der Waals surface area contributed by atoms with Gasteiger partial charge < -0.3 is 5.32 Å². The molecule has 2 nitrogen and oxygen atoms in total. The van der Waals surface area contributed by atoms with Crippen LogP contribution < -0.4 is 5.32 Å². The Morgan fingerprint density at radius 2 is 1.78 bits per heavy atom. The Labute approximate surface area is 117 Å². The Kier molecular flexibility index (Phi) is 5.79. The second-order valence-corrected chi connectivity index (χ2v) is 4.60. The van der Waals surface area contributed by atoms with E-state index >= 15 is 0 Å². The van der Waals surface area contributed by atoms with E-state index in [0.29, 0.717) is 0 Å². The Morgan fingerprint density at radius 3 is 2.39 bits per heavy atom. The van der Waals surface area contributed by atoms with Crippen molar-refractivity contribution >= 4 is 24.0 Å². The normalized spacial score (nSPS) is 18.2. The standard InChI is InChI=1S/C12H15ClF2N2.ClH/c1-8(17-6-4-16-5-7-17)11-9(14)2-3-10(15)12(11)13;/h2-3,8,16H,4-7H2,1H3;1H/t8-;/m1./s1. The van der Waals surface area contributed by atoms with Gasteiger partial charge in [-0.3, -0.25) is 4.90 Å². The number of hydrogen-bond donors (Lipinski definition) is 1. The average Bonchev–Trinajstić information content (AvgIpc) is 2.35. The molecule has 1 aromatic carbocycles. The zero-order valence-corrected chi connectivity index (χ0v) is 11.6. The number of nitrogens with one attached hydrogen (secondary N) is 1. The van der Waals surface area contributed by atoms with Crippen molar-refractivity contribution in [2.75, 3.05) is 26.2 Å². The van der Waals surface area contributed by atoms with E-state index < -0.39 is 11.6 Å². The van der Waals surface area contributed by atoms with Crippen molar-refractivity contribution in [3.63, 3.8) is 0 Å². The van der Waals surface area contributed by atoms with Crippen LogP contribution in [0.4, 0.5) is 8.78 Å². The molecular formula is C12H16Cl2F2N2. The van der Waals surface area contributed by atoms with Crippen LogP contribution in [0.1, 0.15) is 18.5 Å². The fraction of sp³-hybridized carbons (Fsp3) is 0.500. The van der Waals surface area contributed by atoms with Gasteiger partial charge in [-0.25, -0.2) is 8.78 Å². The summed E-state index contributed by atoms with van der Waals surface area (Å²) in [5, 5.41) is 3.12. The SMILES string of the molecule is C[C@H](c1c(F)ccc(F)c1Cl)N1CCNCC1.Cl. The molecule has 0 aliphatic carbocycles. The fourth-order valence-corrected chi connectivity index (χ4v) is 2.49. The van der Waals surface area contributed by atoms with Crippen LogP contribution in [0.25, 0.3) is 0 Å². The summed E-state index contributed by atoms with van der Waals surface area (Å²) in [4.78, 5) is 2.10. The molecule has 1 N–H and O–H groups in total. The number of rotatable bonds is 2. The van der Waals surface area contributed by atoms with Gasteiger partial charge in [0.2, 0.25) is 0 Å². The van der Waals surface area contributed by atoms with E-state index in [1.165, 1.54) is 0 Å². The molecule has 1 saturated heterocycles. The second kappa shape index (κ2) is 6.66. The van der Waals surface area contributed by atoms with Crippen LogP contribution in [0.3, 0.4) is 0 Å². The zero-order valence-electron chi connectivity index (χ0n) is 10.0. The van der Waals surface area contributed by atoms with Gasteiger partial charge in [-0.15, -0.1) is 12.4 Å². The van der Waals surface area contributed by atoms with E-state index in [0.717, 1.165) is 38.3 Å². The smallest absolute Gasteiger partial charge is 0.142 e. The molecule has 2 rings (SSSR count). The first-order chi connectivity index (χ1) is 8.11. The van der Waals surface area contributed by atoms with Crippen molar-refractivity contribution in [1.29, 1.82) is 0 Å². The van der Waals surface area contributed by atoms with Gasteiger partial charge in [-0.2, -0.15) is 0 Å². The largest absolute Gasteiger partial charge is 0.314 e. The maximum Gasteiger partial charge on any atom is 0.142 e. The van der Waals surface area contributed by atoms with Crippen molar-refractivity contribution in [2.24, 2.45) is 0 Å². The van der Waals surface area contributed by atoms with E-state index in [4.69, 9.17) is 11.6 Å². The van der Waals surface area contributed by atoms with Crippen LogP contribution in [0.5, 0.6) is 0 Å². The Hall–Kier alpha value is -0.420. The Morgan fingerprint density at radius 1 is 1.22 bits per heavy atom. The highest BCUT2D eigenvalue weighted by Gasteiger charge is 2.24. The molecule has 1 aliphatic heterocycles. The molecule has 1 heterocycles. The second-order valence-electron chi connectivity index (χ2n) is 4.22. The maximum absolute atomic E-state index is 13.7. The predicted octanol–water partition coefficient (Wildman–Crippen LogP) is 3.01. The lowest BCUT2D eigenvalue weighted by atomic mass is 10.1. The van der Waals surface area contributed by atoms with Gasteiger partial charge in [-0.1, -0.05) is 11.6 Å². The monoisotopic (exact) mass is 296 g/mol. The molecule has 102 valence electrons.